The highest BCUT2D eigenvalue weighted by atomic mass is 16.3. The molecule has 0 aromatic heterocycles. The van der Waals surface area contributed by atoms with Crippen molar-refractivity contribution in [2.75, 3.05) is 25.5 Å². The van der Waals surface area contributed by atoms with Crippen LogP contribution in [0.1, 0.15) is 31.0 Å². The van der Waals surface area contributed by atoms with Gasteiger partial charge in [-0.2, -0.15) is 0 Å². The summed E-state index contributed by atoms with van der Waals surface area (Å²) in [5, 5.41) is 14.1. The van der Waals surface area contributed by atoms with Gasteiger partial charge >= 0.3 is 0 Å². The van der Waals surface area contributed by atoms with E-state index in [0.29, 0.717) is 6.54 Å². The smallest absolute Gasteiger partial charge is 0.0992 e. The Kier molecular flexibility index (Phi) is 5.22. The summed E-state index contributed by atoms with van der Waals surface area (Å²) in [5.74, 6) is 0. The molecular formula is C19H26N2O. The summed E-state index contributed by atoms with van der Waals surface area (Å²) < 4.78 is 0. The molecule has 3 nitrogen and oxygen atoms in total. The molecule has 2 N–H and O–H groups in total. The number of nitrogens with zero attached hydrogens (tertiary/aromatic N) is 1. The third kappa shape index (κ3) is 3.87. The molecule has 118 valence electrons. The molecule has 3 heteroatoms. The van der Waals surface area contributed by atoms with Crippen molar-refractivity contribution in [3.05, 3.63) is 65.7 Å². The molecule has 0 saturated carbocycles. The Morgan fingerprint density at radius 1 is 1.05 bits per heavy atom. The first-order valence-corrected chi connectivity index (χ1v) is 7.69. The zero-order valence-corrected chi connectivity index (χ0v) is 13.9. The molecule has 2 aromatic carbocycles. The average molecular weight is 298 g/mol. The lowest BCUT2D eigenvalue weighted by Gasteiger charge is -2.28. The maximum Gasteiger partial charge on any atom is 0.0992 e. The molecule has 22 heavy (non-hydrogen) atoms. The van der Waals surface area contributed by atoms with E-state index in [1.54, 1.807) is 0 Å². The summed E-state index contributed by atoms with van der Waals surface area (Å²) in [7, 11) is 4.09. The molecule has 0 radical (unpaired) electrons. The van der Waals surface area contributed by atoms with Crippen molar-refractivity contribution < 1.29 is 5.11 Å². The molecule has 0 fully saturated rings. The van der Waals surface area contributed by atoms with Crippen LogP contribution in [0.15, 0.2) is 54.6 Å². The number of rotatable bonds is 6. The van der Waals surface area contributed by atoms with Gasteiger partial charge < -0.3 is 15.3 Å². The molecule has 0 bridgehead atoms. The Balaban J connectivity index is 2.09. The Labute approximate surface area is 133 Å². The van der Waals surface area contributed by atoms with Crippen LogP contribution in [0, 0.1) is 0 Å². The van der Waals surface area contributed by atoms with E-state index < -0.39 is 5.60 Å². The van der Waals surface area contributed by atoms with Crippen molar-refractivity contribution in [1.29, 1.82) is 0 Å². The average Bonchev–Trinajstić information content (AvgIpc) is 2.53. The van der Waals surface area contributed by atoms with Gasteiger partial charge in [0.1, 0.15) is 0 Å². The van der Waals surface area contributed by atoms with Crippen molar-refractivity contribution in [2.45, 2.75) is 25.5 Å². The van der Waals surface area contributed by atoms with Gasteiger partial charge in [0.05, 0.1) is 5.60 Å². The molecule has 2 unspecified atom stereocenters. The zero-order chi connectivity index (χ0) is 16.2. The van der Waals surface area contributed by atoms with Gasteiger partial charge in [-0.15, -0.1) is 0 Å². The van der Waals surface area contributed by atoms with Gasteiger partial charge in [-0.05, 0) is 31.0 Å². The standard InChI is InChI=1S/C19H26N2O/c1-15(17-12-8-9-13-18(17)21(3)4)20-14-19(2,22)16-10-6-5-7-11-16/h5-13,15,20,22H,14H2,1-4H3. The van der Waals surface area contributed by atoms with Crippen LogP contribution < -0.4 is 10.2 Å². The zero-order valence-electron chi connectivity index (χ0n) is 13.9. The lowest BCUT2D eigenvalue weighted by molar-refractivity contribution is 0.0544. The summed E-state index contributed by atoms with van der Waals surface area (Å²) in [4.78, 5) is 2.11. The Morgan fingerprint density at radius 2 is 1.64 bits per heavy atom. The number of nitrogens with one attached hydrogen (secondary N) is 1. The third-order valence-electron chi connectivity index (χ3n) is 4.03. The van der Waals surface area contributed by atoms with E-state index >= 15 is 0 Å². The molecule has 0 saturated heterocycles. The van der Waals surface area contributed by atoms with Crippen LogP contribution in [0.5, 0.6) is 0 Å². The van der Waals surface area contributed by atoms with E-state index in [-0.39, 0.29) is 6.04 Å². The third-order valence-corrected chi connectivity index (χ3v) is 4.03. The number of hydrogen-bond donors (Lipinski definition) is 2. The van der Waals surface area contributed by atoms with Crippen molar-refractivity contribution in [3.8, 4) is 0 Å². The fourth-order valence-corrected chi connectivity index (χ4v) is 2.62. The molecule has 0 heterocycles. The normalized spacial score (nSPS) is 15.1. The van der Waals surface area contributed by atoms with Crippen molar-refractivity contribution in [1.82, 2.24) is 5.32 Å². The number of aliphatic hydroxyl groups is 1. The van der Waals surface area contributed by atoms with E-state index in [2.05, 4.69) is 35.3 Å². The second kappa shape index (κ2) is 6.95. The van der Waals surface area contributed by atoms with Crippen molar-refractivity contribution in [3.63, 3.8) is 0 Å². The predicted molar refractivity (Wildman–Crippen MR) is 93.2 cm³/mol. The summed E-state index contributed by atoms with van der Waals surface area (Å²) in [6.07, 6.45) is 0. The number of para-hydroxylation sites is 1. The Morgan fingerprint density at radius 3 is 2.27 bits per heavy atom. The molecule has 0 aliphatic rings. The molecular weight excluding hydrogens is 272 g/mol. The fraction of sp³-hybridized carbons (Fsp3) is 0.368. The highest BCUT2D eigenvalue weighted by molar-refractivity contribution is 5.53. The second-order valence-electron chi connectivity index (χ2n) is 6.20. The molecule has 0 spiro atoms. The highest BCUT2D eigenvalue weighted by Gasteiger charge is 2.23. The first-order chi connectivity index (χ1) is 10.4. The van der Waals surface area contributed by atoms with E-state index in [4.69, 9.17) is 0 Å². The van der Waals surface area contributed by atoms with Gasteiger partial charge in [-0.1, -0.05) is 48.5 Å². The molecule has 2 aromatic rings. The molecule has 0 amide bonds. The van der Waals surface area contributed by atoms with Crippen LogP contribution in [-0.2, 0) is 5.60 Å². The van der Waals surface area contributed by atoms with Gasteiger partial charge in [0, 0.05) is 32.4 Å². The van der Waals surface area contributed by atoms with Crippen molar-refractivity contribution >= 4 is 5.69 Å². The van der Waals surface area contributed by atoms with Crippen LogP contribution in [0.25, 0.3) is 0 Å². The SMILES string of the molecule is CC(NCC(C)(O)c1ccccc1)c1ccccc1N(C)C. The van der Waals surface area contributed by atoms with Crippen LogP contribution in [0.3, 0.4) is 0 Å². The minimum Gasteiger partial charge on any atom is -0.384 e. The summed E-state index contributed by atoms with van der Waals surface area (Å²) in [6, 6.07) is 18.3. The van der Waals surface area contributed by atoms with Gasteiger partial charge in [0.15, 0.2) is 0 Å². The summed E-state index contributed by atoms with van der Waals surface area (Å²) in [6.45, 7) is 4.48. The lowest BCUT2D eigenvalue weighted by atomic mass is 9.95. The maximum absolute atomic E-state index is 10.7. The Hall–Kier alpha value is -1.84. The number of anilines is 1. The highest BCUT2D eigenvalue weighted by Crippen LogP contribution is 2.26. The quantitative estimate of drug-likeness (QED) is 0.859. The van der Waals surface area contributed by atoms with Crippen LogP contribution >= 0.6 is 0 Å². The van der Waals surface area contributed by atoms with Crippen LogP contribution in [0.4, 0.5) is 5.69 Å². The van der Waals surface area contributed by atoms with Crippen molar-refractivity contribution in [2.24, 2.45) is 0 Å². The largest absolute Gasteiger partial charge is 0.384 e. The second-order valence-corrected chi connectivity index (χ2v) is 6.20. The van der Waals surface area contributed by atoms with E-state index in [1.165, 1.54) is 11.3 Å². The van der Waals surface area contributed by atoms with Gasteiger partial charge in [0.25, 0.3) is 0 Å². The van der Waals surface area contributed by atoms with E-state index in [9.17, 15) is 5.11 Å². The minimum absolute atomic E-state index is 0.161. The summed E-state index contributed by atoms with van der Waals surface area (Å²) >= 11 is 0. The fourth-order valence-electron chi connectivity index (χ4n) is 2.62. The first-order valence-electron chi connectivity index (χ1n) is 7.69. The molecule has 0 aliphatic heterocycles. The molecule has 2 atom stereocenters. The minimum atomic E-state index is -0.886. The molecule has 2 rings (SSSR count). The van der Waals surface area contributed by atoms with Crippen LogP contribution in [-0.4, -0.2) is 25.7 Å². The number of benzene rings is 2. The Bertz CT molecular complexity index is 593. The van der Waals surface area contributed by atoms with Gasteiger partial charge in [-0.25, -0.2) is 0 Å². The lowest BCUT2D eigenvalue weighted by Crippen LogP contribution is -2.37. The van der Waals surface area contributed by atoms with E-state index in [0.717, 1.165) is 5.56 Å². The first kappa shape index (κ1) is 16.5. The summed E-state index contributed by atoms with van der Waals surface area (Å²) in [5.41, 5.74) is 2.47. The van der Waals surface area contributed by atoms with E-state index in [1.807, 2.05) is 57.4 Å². The molecule has 0 aliphatic carbocycles. The van der Waals surface area contributed by atoms with Gasteiger partial charge in [0.2, 0.25) is 0 Å². The monoisotopic (exact) mass is 298 g/mol. The maximum atomic E-state index is 10.7. The topological polar surface area (TPSA) is 35.5 Å². The van der Waals surface area contributed by atoms with Crippen LogP contribution in [0.2, 0.25) is 0 Å². The predicted octanol–water partition coefficient (Wildman–Crippen LogP) is 3.31. The van der Waals surface area contributed by atoms with Gasteiger partial charge in [-0.3, -0.25) is 0 Å². The number of hydrogen-bond acceptors (Lipinski definition) is 3.